The van der Waals surface area contributed by atoms with Gasteiger partial charge in [0.25, 0.3) is 0 Å². The van der Waals surface area contributed by atoms with Gasteiger partial charge in [0.15, 0.2) is 0 Å². The first-order valence-corrected chi connectivity index (χ1v) is 5.88. The summed E-state index contributed by atoms with van der Waals surface area (Å²) in [5.74, 6) is 2.63. The van der Waals surface area contributed by atoms with Crippen molar-refractivity contribution in [1.29, 1.82) is 0 Å². The number of rotatable bonds is 6. The topological polar surface area (TPSA) is 18.5 Å². The molecule has 0 amide bonds. The standard InChI is InChI=1S/C14H22O2/c1-11(2)6-5-7-12-10-13(15-3)8-9-14(12)16-4/h8-11H,5-7H2,1-4H3. The van der Waals surface area contributed by atoms with E-state index in [0.717, 1.165) is 23.8 Å². The second-order valence-corrected chi connectivity index (χ2v) is 4.46. The lowest BCUT2D eigenvalue weighted by Gasteiger charge is -2.11. The van der Waals surface area contributed by atoms with Crippen molar-refractivity contribution >= 4 is 0 Å². The van der Waals surface area contributed by atoms with E-state index in [1.165, 1.54) is 18.4 Å². The highest BCUT2D eigenvalue weighted by atomic mass is 16.5. The van der Waals surface area contributed by atoms with E-state index in [1.807, 2.05) is 12.1 Å². The van der Waals surface area contributed by atoms with Gasteiger partial charge in [-0.15, -0.1) is 0 Å². The average molecular weight is 222 g/mol. The van der Waals surface area contributed by atoms with Gasteiger partial charge in [0.1, 0.15) is 11.5 Å². The van der Waals surface area contributed by atoms with Gasteiger partial charge in [0.05, 0.1) is 14.2 Å². The second-order valence-electron chi connectivity index (χ2n) is 4.46. The number of benzene rings is 1. The van der Waals surface area contributed by atoms with Gasteiger partial charge in [-0.2, -0.15) is 0 Å². The molecule has 0 radical (unpaired) electrons. The Bertz CT molecular complexity index is 319. The summed E-state index contributed by atoms with van der Waals surface area (Å²) >= 11 is 0. The van der Waals surface area contributed by atoms with Crippen LogP contribution in [0.15, 0.2) is 18.2 Å². The molecule has 16 heavy (non-hydrogen) atoms. The highest BCUT2D eigenvalue weighted by Crippen LogP contribution is 2.25. The molecule has 0 unspecified atom stereocenters. The van der Waals surface area contributed by atoms with Gasteiger partial charge >= 0.3 is 0 Å². The fourth-order valence-electron chi connectivity index (χ4n) is 1.78. The lowest BCUT2D eigenvalue weighted by atomic mass is 10.0. The quantitative estimate of drug-likeness (QED) is 0.731. The van der Waals surface area contributed by atoms with E-state index in [0.29, 0.717) is 0 Å². The normalized spacial score (nSPS) is 10.6. The van der Waals surface area contributed by atoms with Crippen LogP contribution in [0, 0.1) is 5.92 Å². The van der Waals surface area contributed by atoms with Crippen molar-refractivity contribution in [3.63, 3.8) is 0 Å². The molecular weight excluding hydrogens is 200 g/mol. The van der Waals surface area contributed by atoms with E-state index in [1.54, 1.807) is 14.2 Å². The molecule has 1 aromatic carbocycles. The van der Waals surface area contributed by atoms with Crippen LogP contribution in [0.5, 0.6) is 11.5 Å². The number of hydrogen-bond acceptors (Lipinski definition) is 2. The third-order valence-corrected chi connectivity index (χ3v) is 2.72. The van der Waals surface area contributed by atoms with Crippen molar-refractivity contribution in [2.75, 3.05) is 14.2 Å². The SMILES string of the molecule is COc1ccc(OC)c(CCCC(C)C)c1. The van der Waals surface area contributed by atoms with Crippen LogP contribution in [-0.2, 0) is 6.42 Å². The van der Waals surface area contributed by atoms with E-state index >= 15 is 0 Å². The minimum absolute atomic E-state index is 0.761. The van der Waals surface area contributed by atoms with E-state index in [-0.39, 0.29) is 0 Å². The Morgan fingerprint density at radius 1 is 1.12 bits per heavy atom. The van der Waals surface area contributed by atoms with Crippen molar-refractivity contribution in [1.82, 2.24) is 0 Å². The van der Waals surface area contributed by atoms with Gasteiger partial charge < -0.3 is 9.47 Å². The van der Waals surface area contributed by atoms with Crippen molar-refractivity contribution < 1.29 is 9.47 Å². The molecule has 2 nitrogen and oxygen atoms in total. The van der Waals surface area contributed by atoms with E-state index in [2.05, 4.69) is 19.9 Å². The molecule has 0 saturated carbocycles. The summed E-state index contributed by atoms with van der Waals surface area (Å²) in [5.41, 5.74) is 1.24. The monoisotopic (exact) mass is 222 g/mol. The highest BCUT2D eigenvalue weighted by molar-refractivity contribution is 5.40. The predicted molar refractivity (Wildman–Crippen MR) is 67.3 cm³/mol. The van der Waals surface area contributed by atoms with E-state index in [9.17, 15) is 0 Å². The molecule has 1 rings (SSSR count). The van der Waals surface area contributed by atoms with Gasteiger partial charge in [-0.25, -0.2) is 0 Å². The third-order valence-electron chi connectivity index (χ3n) is 2.72. The Morgan fingerprint density at radius 2 is 1.88 bits per heavy atom. The van der Waals surface area contributed by atoms with E-state index < -0.39 is 0 Å². The van der Waals surface area contributed by atoms with Gasteiger partial charge in [-0.05, 0) is 42.5 Å². The van der Waals surface area contributed by atoms with Crippen LogP contribution in [0.25, 0.3) is 0 Å². The van der Waals surface area contributed by atoms with Gasteiger partial charge in [0.2, 0.25) is 0 Å². The Labute approximate surface area is 98.6 Å². The minimum Gasteiger partial charge on any atom is -0.497 e. The molecule has 0 heterocycles. The molecule has 0 aliphatic carbocycles. The Morgan fingerprint density at radius 3 is 2.44 bits per heavy atom. The maximum atomic E-state index is 5.35. The smallest absolute Gasteiger partial charge is 0.122 e. The first-order valence-electron chi connectivity index (χ1n) is 5.88. The summed E-state index contributed by atoms with van der Waals surface area (Å²) in [6, 6.07) is 5.98. The van der Waals surface area contributed by atoms with Crippen LogP contribution in [0.3, 0.4) is 0 Å². The zero-order chi connectivity index (χ0) is 12.0. The van der Waals surface area contributed by atoms with Crippen LogP contribution < -0.4 is 9.47 Å². The van der Waals surface area contributed by atoms with Crippen LogP contribution in [0.1, 0.15) is 32.3 Å². The number of methoxy groups -OCH3 is 2. The lowest BCUT2D eigenvalue weighted by molar-refractivity contribution is 0.397. The molecule has 1 aromatic rings. The molecule has 0 fully saturated rings. The number of hydrogen-bond donors (Lipinski definition) is 0. The average Bonchev–Trinajstić information content (AvgIpc) is 2.28. The molecule has 0 N–H and O–H groups in total. The predicted octanol–water partition coefficient (Wildman–Crippen LogP) is 3.68. The molecule has 0 aliphatic heterocycles. The van der Waals surface area contributed by atoms with Crippen LogP contribution in [0.4, 0.5) is 0 Å². The molecule has 0 aromatic heterocycles. The van der Waals surface area contributed by atoms with Crippen LogP contribution in [0.2, 0.25) is 0 Å². The summed E-state index contributed by atoms with van der Waals surface area (Å²) in [6.45, 7) is 4.51. The van der Waals surface area contributed by atoms with Crippen LogP contribution in [-0.4, -0.2) is 14.2 Å². The Hall–Kier alpha value is -1.18. The molecule has 0 saturated heterocycles. The largest absolute Gasteiger partial charge is 0.497 e. The third kappa shape index (κ3) is 3.76. The summed E-state index contributed by atoms with van der Waals surface area (Å²) in [7, 11) is 3.41. The fraction of sp³-hybridized carbons (Fsp3) is 0.571. The minimum atomic E-state index is 0.761. The van der Waals surface area contributed by atoms with Crippen molar-refractivity contribution in [3.8, 4) is 11.5 Å². The Kier molecular flexibility index (Phi) is 5.17. The molecule has 0 aliphatic rings. The zero-order valence-electron chi connectivity index (χ0n) is 10.7. The summed E-state index contributed by atoms with van der Waals surface area (Å²) in [4.78, 5) is 0. The molecule has 0 spiro atoms. The molecule has 0 bridgehead atoms. The van der Waals surface area contributed by atoms with Gasteiger partial charge in [0, 0.05) is 0 Å². The number of ether oxygens (including phenoxy) is 2. The second kappa shape index (κ2) is 6.41. The Balaban J connectivity index is 2.67. The first kappa shape index (κ1) is 12.9. The fourth-order valence-corrected chi connectivity index (χ4v) is 1.78. The highest BCUT2D eigenvalue weighted by Gasteiger charge is 2.05. The van der Waals surface area contributed by atoms with Crippen LogP contribution >= 0.6 is 0 Å². The van der Waals surface area contributed by atoms with Gasteiger partial charge in [-0.3, -0.25) is 0 Å². The lowest BCUT2D eigenvalue weighted by Crippen LogP contribution is -1.96. The maximum absolute atomic E-state index is 5.35. The summed E-state index contributed by atoms with van der Waals surface area (Å²) < 4.78 is 10.6. The molecular formula is C14H22O2. The summed E-state index contributed by atoms with van der Waals surface area (Å²) in [5, 5.41) is 0. The first-order chi connectivity index (χ1) is 7.67. The van der Waals surface area contributed by atoms with E-state index in [4.69, 9.17) is 9.47 Å². The van der Waals surface area contributed by atoms with Crippen molar-refractivity contribution in [2.45, 2.75) is 33.1 Å². The molecule has 0 atom stereocenters. The molecule has 2 heteroatoms. The van der Waals surface area contributed by atoms with Crippen molar-refractivity contribution in [3.05, 3.63) is 23.8 Å². The molecule has 90 valence electrons. The zero-order valence-corrected chi connectivity index (χ0v) is 10.7. The number of aryl methyl sites for hydroxylation is 1. The van der Waals surface area contributed by atoms with Crippen molar-refractivity contribution in [2.24, 2.45) is 5.92 Å². The van der Waals surface area contributed by atoms with Gasteiger partial charge in [-0.1, -0.05) is 20.3 Å². The summed E-state index contributed by atoms with van der Waals surface area (Å²) in [6.07, 6.45) is 3.50. The maximum Gasteiger partial charge on any atom is 0.122 e.